The highest BCUT2D eigenvalue weighted by Crippen LogP contribution is 2.25. The molecule has 2 heteroatoms. The van der Waals surface area contributed by atoms with Crippen LogP contribution in [0.25, 0.3) is 0 Å². The molecular formula is C8H16N2. The summed E-state index contributed by atoms with van der Waals surface area (Å²) in [5.41, 5.74) is 0. The van der Waals surface area contributed by atoms with E-state index in [0.29, 0.717) is 0 Å². The molecular weight excluding hydrogens is 124 g/mol. The van der Waals surface area contributed by atoms with Gasteiger partial charge in [-0.05, 0) is 18.8 Å². The van der Waals surface area contributed by atoms with Crippen molar-refractivity contribution in [1.29, 1.82) is 5.26 Å². The van der Waals surface area contributed by atoms with Crippen LogP contribution in [0.5, 0.6) is 0 Å². The van der Waals surface area contributed by atoms with Gasteiger partial charge < -0.3 is 6.15 Å². The Hall–Kier alpha value is -0.550. The molecule has 3 N–H and O–H groups in total. The minimum Gasteiger partial charge on any atom is -0.344 e. The second-order valence-corrected chi connectivity index (χ2v) is 2.87. The molecule has 0 aliphatic heterocycles. The van der Waals surface area contributed by atoms with Gasteiger partial charge in [0.15, 0.2) is 0 Å². The van der Waals surface area contributed by atoms with Gasteiger partial charge in [0.1, 0.15) is 0 Å². The first-order chi connectivity index (χ1) is 4.43. The average molecular weight is 140 g/mol. The summed E-state index contributed by atoms with van der Waals surface area (Å²) in [7, 11) is 0. The summed E-state index contributed by atoms with van der Waals surface area (Å²) in [6.07, 6.45) is 7.49. The average Bonchev–Trinajstić information content (AvgIpc) is 1.91. The molecule has 0 aromatic rings. The van der Waals surface area contributed by atoms with Gasteiger partial charge in [-0.1, -0.05) is 19.3 Å². The van der Waals surface area contributed by atoms with Crippen LogP contribution in [-0.4, -0.2) is 0 Å². The van der Waals surface area contributed by atoms with E-state index in [-0.39, 0.29) is 6.15 Å². The predicted octanol–water partition coefficient (Wildman–Crippen LogP) is 2.64. The fraction of sp³-hybridized carbons (Fsp3) is 0.875. The Bertz CT molecular complexity index is 109. The van der Waals surface area contributed by atoms with Crippen LogP contribution >= 0.6 is 0 Å². The minimum atomic E-state index is 0. The molecule has 1 aliphatic rings. The van der Waals surface area contributed by atoms with Crippen LogP contribution in [0, 0.1) is 17.2 Å². The lowest BCUT2D eigenvalue weighted by Crippen LogP contribution is -2.04. The second-order valence-electron chi connectivity index (χ2n) is 2.87. The zero-order valence-electron chi connectivity index (χ0n) is 6.47. The van der Waals surface area contributed by atoms with Crippen molar-refractivity contribution in [2.75, 3.05) is 0 Å². The Morgan fingerprint density at radius 3 is 2.30 bits per heavy atom. The molecule has 1 saturated carbocycles. The third-order valence-corrected chi connectivity index (χ3v) is 2.10. The van der Waals surface area contributed by atoms with Gasteiger partial charge in [0.05, 0.1) is 6.07 Å². The molecule has 0 amide bonds. The molecule has 0 unspecified atom stereocenters. The van der Waals surface area contributed by atoms with Gasteiger partial charge in [-0.3, -0.25) is 0 Å². The van der Waals surface area contributed by atoms with Gasteiger partial charge in [-0.2, -0.15) is 5.26 Å². The van der Waals surface area contributed by atoms with E-state index in [9.17, 15) is 0 Å². The van der Waals surface area contributed by atoms with Gasteiger partial charge in [-0.25, -0.2) is 0 Å². The van der Waals surface area contributed by atoms with Crippen LogP contribution in [-0.2, 0) is 0 Å². The van der Waals surface area contributed by atoms with Gasteiger partial charge >= 0.3 is 0 Å². The van der Waals surface area contributed by atoms with E-state index in [0.717, 1.165) is 12.3 Å². The lowest BCUT2D eigenvalue weighted by atomic mass is 9.87. The van der Waals surface area contributed by atoms with Crippen molar-refractivity contribution in [3.8, 4) is 6.07 Å². The fourth-order valence-electron chi connectivity index (χ4n) is 1.52. The topological polar surface area (TPSA) is 58.8 Å². The highest BCUT2D eigenvalue weighted by molar-refractivity contribution is 4.77. The largest absolute Gasteiger partial charge is 0.344 e. The fourth-order valence-corrected chi connectivity index (χ4v) is 1.52. The molecule has 0 radical (unpaired) electrons. The summed E-state index contributed by atoms with van der Waals surface area (Å²) < 4.78 is 0. The van der Waals surface area contributed by atoms with Crippen LogP contribution in [0.4, 0.5) is 0 Å². The van der Waals surface area contributed by atoms with Crippen molar-refractivity contribution in [2.45, 2.75) is 38.5 Å². The molecule has 58 valence electrons. The minimum absolute atomic E-state index is 0. The van der Waals surface area contributed by atoms with Crippen molar-refractivity contribution < 1.29 is 0 Å². The Balaban J connectivity index is 0.000000810. The molecule has 0 aromatic carbocycles. The maximum atomic E-state index is 8.37. The third-order valence-electron chi connectivity index (χ3n) is 2.10. The highest BCUT2D eigenvalue weighted by atomic mass is 14.3. The molecule has 0 saturated heterocycles. The summed E-state index contributed by atoms with van der Waals surface area (Å²) >= 11 is 0. The molecule has 1 fully saturated rings. The molecule has 0 atom stereocenters. The van der Waals surface area contributed by atoms with Gasteiger partial charge in [0.25, 0.3) is 0 Å². The Labute approximate surface area is 62.8 Å². The Morgan fingerprint density at radius 2 is 1.80 bits per heavy atom. The molecule has 0 heterocycles. The summed E-state index contributed by atoms with van der Waals surface area (Å²) in [6.45, 7) is 0. The van der Waals surface area contributed by atoms with Gasteiger partial charge in [0.2, 0.25) is 0 Å². The second kappa shape index (κ2) is 5.25. The standard InChI is InChI=1S/C8H13N.H3N/c9-7-6-8-4-2-1-3-5-8;/h8H,1-6H2;1H3. The van der Waals surface area contributed by atoms with Crippen molar-refractivity contribution in [3.63, 3.8) is 0 Å². The van der Waals surface area contributed by atoms with Crippen LogP contribution in [0.1, 0.15) is 38.5 Å². The Morgan fingerprint density at radius 1 is 1.20 bits per heavy atom. The first kappa shape index (κ1) is 9.45. The number of hydrogen-bond donors (Lipinski definition) is 1. The van der Waals surface area contributed by atoms with Crippen molar-refractivity contribution in [2.24, 2.45) is 5.92 Å². The van der Waals surface area contributed by atoms with E-state index in [1.54, 1.807) is 0 Å². The molecule has 10 heavy (non-hydrogen) atoms. The van der Waals surface area contributed by atoms with Crippen molar-refractivity contribution >= 4 is 0 Å². The summed E-state index contributed by atoms with van der Waals surface area (Å²) in [5, 5.41) is 8.37. The van der Waals surface area contributed by atoms with E-state index in [1.807, 2.05) is 0 Å². The summed E-state index contributed by atoms with van der Waals surface area (Å²) in [6, 6.07) is 2.24. The number of rotatable bonds is 1. The molecule has 2 nitrogen and oxygen atoms in total. The quantitative estimate of drug-likeness (QED) is 0.608. The van der Waals surface area contributed by atoms with Gasteiger partial charge in [0, 0.05) is 6.42 Å². The Kier molecular flexibility index (Phi) is 4.96. The molecule has 0 spiro atoms. The first-order valence-corrected chi connectivity index (χ1v) is 3.80. The lowest BCUT2D eigenvalue weighted by molar-refractivity contribution is 0.364. The monoisotopic (exact) mass is 140 g/mol. The van der Waals surface area contributed by atoms with Gasteiger partial charge in [-0.15, -0.1) is 0 Å². The van der Waals surface area contributed by atoms with E-state index in [4.69, 9.17) is 5.26 Å². The normalized spacial score (nSPS) is 19.1. The van der Waals surface area contributed by atoms with E-state index in [2.05, 4.69) is 6.07 Å². The van der Waals surface area contributed by atoms with Crippen LogP contribution < -0.4 is 6.15 Å². The highest BCUT2D eigenvalue weighted by Gasteiger charge is 2.11. The maximum Gasteiger partial charge on any atom is 0.0624 e. The van der Waals surface area contributed by atoms with Crippen LogP contribution in [0.15, 0.2) is 0 Å². The molecule has 0 bridgehead atoms. The number of nitrogens with zero attached hydrogens (tertiary/aromatic N) is 1. The predicted molar refractivity (Wildman–Crippen MR) is 41.8 cm³/mol. The first-order valence-electron chi connectivity index (χ1n) is 3.80. The third kappa shape index (κ3) is 2.84. The SMILES string of the molecule is N.N#CCC1CCCCC1. The van der Waals surface area contributed by atoms with Crippen molar-refractivity contribution in [1.82, 2.24) is 6.15 Å². The van der Waals surface area contributed by atoms with E-state index < -0.39 is 0 Å². The van der Waals surface area contributed by atoms with Crippen molar-refractivity contribution in [3.05, 3.63) is 0 Å². The number of nitriles is 1. The summed E-state index contributed by atoms with van der Waals surface area (Å²) in [4.78, 5) is 0. The lowest BCUT2D eigenvalue weighted by Gasteiger charge is -2.17. The summed E-state index contributed by atoms with van der Waals surface area (Å²) in [5.74, 6) is 0.740. The molecule has 0 aromatic heterocycles. The van der Waals surface area contributed by atoms with E-state index in [1.165, 1.54) is 32.1 Å². The van der Waals surface area contributed by atoms with Crippen LogP contribution in [0.3, 0.4) is 0 Å². The maximum absolute atomic E-state index is 8.37. The van der Waals surface area contributed by atoms with E-state index >= 15 is 0 Å². The number of hydrogen-bond acceptors (Lipinski definition) is 2. The molecule has 1 aliphatic carbocycles. The smallest absolute Gasteiger partial charge is 0.0624 e. The zero-order chi connectivity index (χ0) is 6.53. The zero-order valence-corrected chi connectivity index (χ0v) is 6.47. The molecule has 1 rings (SSSR count). The van der Waals surface area contributed by atoms with Crippen LogP contribution in [0.2, 0.25) is 0 Å².